The van der Waals surface area contributed by atoms with E-state index in [1.807, 2.05) is 0 Å². The molecule has 3 rings (SSSR count). The van der Waals surface area contributed by atoms with Gasteiger partial charge in [-0.15, -0.1) is 0 Å². The molecule has 2 fully saturated rings. The van der Waals surface area contributed by atoms with Gasteiger partial charge in [-0.1, -0.05) is 31.9 Å². The van der Waals surface area contributed by atoms with Gasteiger partial charge in [-0.05, 0) is 24.7 Å². The molecule has 1 saturated heterocycles. The predicted molar refractivity (Wildman–Crippen MR) is 93.3 cm³/mol. The lowest BCUT2D eigenvalue weighted by Crippen LogP contribution is -2.43. The molecule has 0 spiro atoms. The third kappa shape index (κ3) is 3.06. The van der Waals surface area contributed by atoms with Crippen molar-refractivity contribution in [2.75, 3.05) is 26.7 Å². The molecule has 1 aliphatic heterocycles. The van der Waals surface area contributed by atoms with Gasteiger partial charge in [0.15, 0.2) is 5.96 Å². The van der Waals surface area contributed by atoms with Crippen LogP contribution in [0.4, 0.5) is 0 Å². The normalized spacial score (nSPS) is 31.1. The molecule has 24 heavy (non-hydrogen) atoms. The summed E-state index contributed by atoms with van der Waals surface area (Å²) in [6, 6.07) is 0. The number of carbonyl (C=O) groups excluding carboxylic acids is 2. The first-order chi connectivity index (χ1) is 11.7. The Hall–Kier alpha value is -1.85. The number of imide groups is 1. The summed E-state index contributed by atoms with van der Waals surface area (Å²) in [7, 11) is 1.73. The molecule has 3 aliphatic rings. The average Bonchev–Trinajstić information content (AvgIpc) is 3.26. The zero-order valence-corrected chi connectivity index (χ0v) is 14.6. The highest BCUT2D eigenvalue weighted by molar-refractivity contribution is 6.06. The minimum atomic E-state index is -0.0982. The van der Waals surface area contributed by atoms with Crippen molar-refractivity contribution in [3.63, 3.8) is 0 Å². The number of hydrogen-bond acceptors (Lipinski definition) is 3. The smallest absolute Gasteiger partial charge is 0.233 e. The maximum atomic E-state index is 12.6. The first-order valence-electron chi connectivity index (χ1n) is 9.15. The molecular weight excluding hydrogens is 304 g/mol. The Bertz CT molecular complexity index is 527. The topological polar surface area (TPSA) is 73.8 Å². The van der Waals surface area contributed by atoms with Gasteiger partial charge >= 0.3 is 0 Å². The maximum absolute atomic E-state index is 12.6. The Morgan fingerprint density at radius 3 is 2.33 bits per heavy atom. The number of aliphatic imine (C=N–C) groups is 1. The molecule has 2 amide bonds. The molecule has 4 unspecified atom stereocenters. The molecule has 2 N–H and O–H groups in total. The van der Waals surface area contributed by atoms with Gasteiger partial charge in [-0.25, -0.2) is 0 Å². The number of likely N-dealkylation sites (tertiary alicyclic amines) is 1. The van der Waals surface area contributed by atoms with E-state index in [0.29, 0.717) is 13.1 Å². The van der Waals surface area contributed by atoms with Gasteiger partial charge in [0.1, 0.15) is 0 Å². The van der Waals surface area contributed by atoms with Gasteiger partial charge in [0.05, 0.1) is 11.8 Å². The summed E-state index contributed by atoms with van der Waals surface area (Å²) in [5.74, 6) is 1.14. The Balaban J connectivity index is 1.46. The van der Waals surface area contributed by atoms with Gasteiger partial charge in [0.2, 0.25) is 11.8 Å². The summed E-state index contributed by atoms with van der Waals surface area (Å²) in [6.45, 7) is 4.01. The summed E-state index contributed by atoms with van der Waals surface area (Å²) >= 11 is 0. The standard InChI is InChI=1S/C18H28N4O2/c1-3-4-5-8-20-18(19-2)21-9-10-22-16(23)14-12-6-7-13(11-12)15(14)17(22)24/h6-7,12-15H,3-5,8-11H2,1-2H3,(H2,19,20,21). The van der Waals surface area contributed by atoms with Crippen LogP contribution in [0, 0.1) is 23.7 Å². The molecule has 0 aromatic heterocycles. The Kier molecular flexibility index (Phi) is 5.21. The lowest BCUT2D eigenvalue weighted by atomic mass is 9.85. The van der Waals surface area contributed by atoms with E-state index in [4.69, 9.17) is 0 Å². The van der Waals surface area contributed by atoms with Crippen molar-refractivity contribution in [3.05, 3.63) is 12.2 Å². The molecule has 0 aromatic carbocycles. The SMILES string of the molecule is CCCCCNC(=NC)NCCN1C(=O)C2C3C=CC(C3)C2C1=O. The number of nitrogens with zero attached hydrogens (tertiary/aromatic N) is 2. The number of fused-ring (bicyclic) bond motifs is 5. The van der Waals surface area contributed by atoms with E-state index in [9.17, 15) is 9.59 Å². The largest absolute Gasteiger partial charge is 0.356 e. The van der Waals surface area contributed by atoms with E-state index in [0.717, 1.165) is 25.3 Å². The molecule has 6 heteroatoms. The summed E-state index contributed by atoms with van der Waals surface area (Å²) in [6.07, 6.45) is 8.72. The number of amides is 2. The van der Waals surface area contributed by atoms with Crippen molar-refractivity contribution in [1.82, 2.24) is 15.5 Å². The number of carbonyl (C=O) groups is 2. The zero-order valence-electron chi connectivity index (χ0n) is 14.6. The van der Waals surface area contributed by atoms with Gasteiger partial charge < -0.3 is 10.6 Å². The second-order valence-electron chi connectivity index (χ2n) is 6.96. The summed E-state index contributed by atoms with van der Waals surface area (Å²) in [4.78, 5) is 30.8. The highest BCUT2D eigenvalue weighted by Gasteiger charge is 2.58. The summed E-state index contributed by atoms with van der Waals surface area (Å²) in [5.41, 5.74) is 0. The van der Waals surface area contributed by atoms with Gasteiger partial charge in [-0.2, -0.15) is 0 Å². The van der Waals surface area contributed by atoms with E-state index in [2.05, 4.69) is 34.7 Å². The zero-order chi connectivity index (χ0) is 17.1. The molecule has 4 atom stereocenters. The highest BCUT2D eigenvalue weighted by Crippen LogP contribution is 2.52. The van der Waals surface area contributed by atoms with Gasteiger partial charge in [0, 0.05) is 26.7 Å². The van der Waals surface area contributed by atoms with Gasteiger partial charge in [-0.3, -0.25) is 19.5 Å². The fourth-order valence-corrected chi connectivity index (χ4v) is 4.27. The molecule has 1 saturated carbocycles. The summed E-state index contributed by atoms with van der Waals surface area (Å²) in [5, 5.41) is 6.45. The van der Waals surface area contributed by atoms with Crippen molar-refractivity contribution >= 4 is 17.8 Å². The summed E-state index contributed by atoms with van der Waals surface area (Å²) < 4.78 is 0. The highest BCUT2D eigenvalue weighted by atomic mass is 16.2. The van der Waals surface area contributed by atoms with Crippen LogP contribution in [0.25, 0.3) is 0 Å². The van der Waals surface area contributed by atoms with Crippen LogP contribution in [0.1, 0.15) is 32.6 Å². The number of nitrogens with one attached hydrogen (secondary N) is 2. The number of guanidine groups is 1. The van der Waals surface area contributed by atoms with E-state index in [1.54, 1.807) is 7.05 Å². The average molecular weight is 332 g/mol. The van der Waals surface area contributed by atoms with Crippen LogP contribution >= 0.6 is 0 Å². The van der Waals surface area contributed by atoms with Crippen LogP contribution in [0.5, 0.6) is 0 Å². The van der Waals surface area contributed by atoms with Crippen molar-refractivity contribution in [2.45, 2.75) is 32.6 Å². The Morgan fingerprint density at radius 2 is 1.75 bits per heavy atom. The lowest BCUT2D eigenvalue weighted by Gasteiger charge is -2.18. The number of hydrogen-bond donors (Lipinski definition) is 2. The van der Waals surface area contributed by atoms with Crippen molar-refractivity contribution in [2.24, 2.45) is 28.7 Å². The third-order valence-electron chi connectivity index (χ3n) is 5.49. The second kappa shape index (κ2) is 7.36. The van der Waals surface area contributed by atoms with E-state index in [-0.39, 0.29) is 35.5 Å². The Morgan fingerprint density at radius 1 is 1.12 bits per heavy atom. The minimum absolute atomic E-state index is 0.0227. The second-order valence-corrected chi connectivity index (χ2v) is 6.96. The van der Waals surface area contributed by atoms with Crippen molar-refractivity contribution < 1.29 is 9.59 Å². The third-order valence-corrected chi connectivity index (χ3v) is 5.49. The number of rotatable bonds is 7. The van der Waals surface area contributed by atoms with Crippen LogP contribution in [0.15, 0.2) is 17.1 Å². The fraction of sp³-hybridized carbons (Fsp3) is 0.722. The van der Waals surface area contributed by atoms with Crippen LogP contribution in [0.3, 0.4) is 0 Å². The van der Waals surface area contributed by atoms with Crippen molar-refractivity contribution in [1.29, 1.82) is 0 Å². The molecule has 2 bridgehead atoms. The molecule has 132 valence electrons. The Labute approximate surface area is 143 Å². The van der Waals surface area contributed by atoms with Gasteiger partial charge in [0.25, 0.3) is 0 Å². The van der Waals surface area contributed by atoms with Crippen LogP contribution in [0.2, 0.25) is 0 Å². The predicted octanol–water partition coefficient (Wildman–Crippen LogP) is 1.15. The molecule has 0 aromatic rings. The van der Waals surface area contributed by atoms with Crippen LogP contribution in [-0.4, -0.2) is 49.4 Å². The van der Waals surface area contributed by atoms with E-state index >= 15 is 0 Å². The van der Waals surface area contributed by atoms with E-state index in [1.165, 1.54) is 17.7 Å². The monoisotopic (exact) mass is 332 g/mol. The fourth-order valence-electron chi connectivity index (χ4n) is 4.27. The molecule has 0 radical (unpaired) electrons. The molecular formula is C18H28N4O2. The van der Waals surface area contributed by atoms with Crippen LogP contribution < -0.4 is 10.6 Å². The first-order valence-corrected chi connectivity index (χ1v) is 9.15. The van der Waals surface area contributed by atoms with E-state index < -0.39 is 0 Å². The molecule has 6 nitrogen and oxygen atoms in total. The number of unbranched alkanes of at least 4 members (excludes halogenated alkanes) is 2. The van der Waals surface area contributed by atoms with Crippen LogP contribution in [-0.2, 0) is 9.59 Å². The molecule has 1 heterocycles. The quantitative estimate of drug-likeness (QED) is 0.241. The number of allylic oxidation sites excluding steroid dienone is 2. The first kappa shape index (κ1) is 17.0. The lowest BCUT2D eigenvalue weighted by molar-refractivity contribution is -0.140. The van der Waals surface area contributed by atoms with Crippen molar-refractivity contribution in [3.8, 4) is 0 Å². The minimum Gasteiger partial charge on any atom is -0.356 e. The molecule has 2 aliphatic carbocycles. The maximum Gasteiger partial charge on any atom is 0.233 e.